The molecule has 0 saturated heterocycles. The minimum absolute atomic E-state index is 0. The fourth-order valence-electron chi connectivity index (χ4n) is 3.07. The number of hydrogen-bond acceptors (Lipinski definition) is 0. The Labute approximate surface area is 178 Å². The van der Waals surface area contributed by atoms with Gasteiger partial charge < -0.3 is 0 Å². The van der Waals surface area contributed by atoms with Gasteiger partial charge in [0, 0.05) is 35.4 Å². The van der Waals surface area contributed by atoms with Crippen LogP contribution in [-0.4, -0.2) is 9.52 Å². The van der Waals surface area contributed by atoms with E-state index in [0.717, 1.165) is 15.9 Å². The molecule has 5 rings (SSSR count). The zero-order valence-electron chi connectivity index (χ0n) is 15.3. The molecule has 0 bridgehead atoms. The number of fused-ring (bicyclic) bond motifs is 4. The molecule has 128 valence electrons. The molecular formula is C24H22HfSi-2. The van der Waals surface area contributed by atoms with Crippen molar-refractivity contribution in [3.05, 3.63) is 102 Å². The topological polar surface area (TPSA) is 0 Å². The predicted molar refractivity (Wildman–Crippen MR) is 111 cm³/mol. The van der Waals surface area contributed by atoms with Crippen LogP contribution in [0.15, 0.2) is 84.9 Å². The van der Waals surface area contributed by atoms with Crippen LogP contribution in [0.4, 0.5) is 0 Å². The van der Waals surface area contributed by atoms with Crippen LogP contribution in [0.1, 0.15) is 11.1 Å². The van der Waals surface area contributed by atoms with E-state index in [0.29, 0.717) is 0 Å². The van der Waals surface area contributed by atoms with Crippen molar-refractivity contribution in [2.24, 2.45) is 0 Å². The molecule has 0 saturated carbocycles. The van der Waals surface area contributed by atoms with Crippen LogP contribution < -0.4 is 0 Å². The quantitative estimate of drug-likeness (QED) is 0.165. The molecule has 1 aliphatic rings. The fraction of sp³-hybridized carbons (Fsp3) is 0.125. The number of benzene rings is 3. The minimum atomic E-state index is 0. The van der Waals surface area contributed by atoms with E-state index in [4.69, 9.17) is 0 Å². The standard InChI is InChI=1S/C13H9.C9H7.C2H6Si.Hf/c1-3-7-12-10(5-1)9-11-6-2-4-8-13(11)12;1-2-5-9-7-3-6-8(9)4-1;1-3-2;/h1-5,7-8H,9H2;1-7H;1-2H3;/q2*-1;;. The zero-order chi connectivity index (χ0) is 17.5. The van der Waals surface area contributed by atoms with E-state index in [1.807, 2.05) is 6.07 Å². The van der Waals surface area contributed by atoms with Crippen molar-refractivity contribution in [3.63, 3.8) is 0 Å². The molecule has 0 aliphatic heterocycles. The molecule has 26 heavy (non-hydrogen) atoms. The predicted octanol–water partition coefficient (Wildman–Crippen LogP) is 6.40. The summed E-state index contributed by atoms with van der Waals surface area (Å²) in [5.74, 6) is 0. The normalized spacial score (nSPS) is 10.4. The second kappa shape index (κ2) is 10.5. The summed E-state index contributed by atoms with van der Waals surface area (Å²) < 4.78 is 0. The van der Waals surface area contributed by atoms with Gasteiger partial charge in [0.25, 0.3) is 0 Å². The van der Waals surface area contributed by atoms with Gasteiger partial charge in [-0.3, -0.25) is 0 Å². The molecule has 0 aromatic heterocycles. The molecule has 4 aromatic rings. The van der Waals surface area contributed by atoms with Crippen molar-refractivity contribution in [3.8, 4) is 11.1 Å². The second-order valence-corrected chi connectivity index (χ2v) is 7.05. The van der Waals surface area contributed by atoms with Crippen LogP contribution in [-0.2, 0) is 32.3 Å². The van der Waals surface area contributed by atoms with Crippen LogP contribution >= 0.6 is 0 Å². The Kier molecular flexibility index (Phi) is 8.34. The van der Waals surface area contributed by atoms with E-state index in [1.165, 1.54) is 33.0 Å². The van der Waals surface area contributed by atoms with Crippen LogP contribution in [0.3, 0.4) is 0 Å². The average molecular weight is 517 g/mol. The summed E-state index contributed by atoms with van der Waals surface area (Å²) in [5.41, 5.74) is 5.51. The molecule has 0 atom stereocenters. The first-order chi connectivity index (χ1) is 12.3. The monoisotopic (exact) mass is 518 g/mol. The Morgan fingerprint density at radius 2 is 1.54 bits per heavy atom. The molecule has 0 N–H and O–H groups in total. The van der Waals surface area contributed by atoms with Gasteiger partial charge in [-0.15, -0.1) is 35.2 Å². The second-order valence-electron chi connectivity index (χ2n) is 6.05. The Bertz CT molecular complexity index is 866. The van der Waals surface area contributed by atoms with E-state index in [1.54, 1.807) is 0 Å². The average Bonchev–Trinajstić information content (AvgIpc) is 3.27. The Morgan fingerprint density at radius 1 is 0.846 bits per heavy atom. The van der Waals surface area contributed by atoms with Crippen LogP contribution in [0.2, 0.25) is 13.1 Å². The molecule has 0 spiro atoms. The van der Waals surface area contributed by atoms with Crippen molar-refractivity contribution in [2.45, 2.75) is 19.5 Å². The van der Waals surface area contributed by atoms with Gasteiger partial charge in [0.2, 0.25) is 0 Å². The molecule has 2 radical (unpaired) electrons. The van der Waals surface area contributed by atoms with Crippen molar-refractivity contribution in [1.29, 1.82) is 0 Å². The Balaban J connectivity index is 0.000000165. The van der Waals surface area contributed by atoms with Crippen molar-refractivity contribution in [1.82, 2.24) is 0 Å². The first kappa shape index (κ1) is 20.7. The molecule has 0 unspecified atom stereocenters. The van der Waals surface area contributed by atoms with Crippen molar-refractivity contribution in [2.75, 3.05) is 0 Å². The number of rotatable bonds is 0. The first-order valence-electron chi connectivity index (χ1n) is 8.60. The fourth-order valence-corrected chi connectivity index (χ4v) is 3.07. The summed E-state index contributed by atoms with van der Waals surface area (Å²) >= 11 is 0. The SMILES string of the molecule is C[Si]C.[Hf].[c-]1cccc2c1Cc1ccccc1-2.c1ccc2[cH-]ccc2c1. The van der Waals surface area contributed by atoms with E-state index in [9.17, 15) is 0 Å². The molecule has 0 amide bonds. The summed E-state index contributed by atoms with van der Waals surface area (Å²) in [6.45, 7) is 4.31. The van der Waals surface area contributed by atoms with Gasteiger partial charge in [-0.2, -0.15) is 47.3 Å². The molecular weight excluding hydrogens is 495 g/mol. The smallest absolute Gasteiger partial charge is 0.0307 e. The van der Waals surface area contributed by atoms with E-state index < -0.39 is 0 Å². The third-order valence-electron chi connectivity index (χ3n) is 4.16. The van der Waals surface area contributed by atoms with Crippen LogP contribution in [0.5, 0.6) is 0 Å². The summed E-state index contributed by atoms with van der Waals surface area (Å²) in [5, 5.41) is 2.66. The summed E-state index contributed by atoms with van der Waals surface area (Å²) in [6.07, 6.45) is 1.05. The summed E-state index contributed by atoms with van der Waals surface area (Å²) in [4.78, 5) is 0. The van der Waals surface area contributed by atoms with Gasteiger partial charge in [0.15, 0.2) is 0 Å². The maximum atomic E-state index is 3.30. The third-order valence-corrected chi connectivity index (χ3v) is 4.16. The molecule has 0 fully saturated rings. The molecule has 2 heteroatoms. The molecule has 0 heterocycles. The Hall–Kier alpha value is -1.64. The maximum absolute atomic E-state index is 3.30. The largest absolute Gasteiger partial charge is 0.179 e. The molecule has 4 aromatic carbocycles. The Morgan fingerprint density at radius 3 is 2.35 bits per heavy atom. The van der Waals surface area contributed by atoms with Crippen LogP contribution in [0.25, 0.3) is 21.9 Å². The number of hydrogen-bond donors (Lipinski definition) is 0. The van der Waals surface area contributed by atoms with Gasteiger partial charge in [-0.25, -0.2) is 0 Å². The maximum Gasteiger partial charge on any atom is 0.0307 e. The van der Waals surface area contributed by atoms with Crippen molar-refractivity contribution >= 4 is 20.3 Å². The minimum Gasteiger partial charge on any atom is -0.179 e. The first-order valence-corrected chi connectivity index (χ1v) is 10.6. The third kappa shape index (κ3) is 4.96. The molecule has 1 aliphatic carbocycles. The summed E-state index contributed by atoms with van der Waals surface area (Å²) in [6, 6.07) is 32.8. The van der Waals surface area contributed by atoms with E-state index >= 15 is 0 Å². The molecule has 0 nitrogen and oxygen atoms in total. The summed E-state index contributed by atoms with van der Waals surface area (Å²) in [7, 11) is 1.08. The van der Waals surface area contributed by atoms with Crippen molar-refractivity contribution < 1.29 is 25.8 Å². The van der Waals surface area contributed by atoms with Gasteiger partial charge in [0.1, 0.15) is 0 Å². The van der Waals surface area contributed by atoms with Crippen LogP contribution in [0, 0.1) is 6.07 Å². The van der Waals surface area contributed by atoms with Gasteiger partial charge in [-0.1, -0.05) is 54.6 Å². The van der Waals surface area contributed by atoms with Gasteiger partial charge in [0.05, 0.1) is 0 Å². The van der Waals surface area contributed by atoms with E-state index in [-0.39, 0.29) is 25.8 Å². The van der Waals surface area contributed by atoms with E-state index in [2.05, 4.69) is 98.0 Å². The zero-order valence-corrected chi connectivity index (χ0v) is 19.9. The van der Waals surface area contributed by atoms with Gasteiger partial charge >= 0.3 is 0 Å². The van der Waals surface area contributed by atoms with Gasteiger partial charge in [-0.05, 0) is 6.42 Å².